The molecule has 5 heteroatoms. The van der Waals surface area contributed by atoms with Crippen molar-refractivity contribution in [3.63, 3.8) is 0 Å². The summed E-state index contributed by atoms with van der Waals surface area (Å²) in [6.45, 7) is 8.49. The molecule has 4 nitrogen and oxygen atoms in total. The molecule has 0 spiro atoms. The van der Waals surface area contributed by atoms with Crippen molar-refractivity contribution in [2.45, 2.75) is 55.7 Å². The predicted octanol–water partition coefficient (Wildman–Crippen LogP) is 5.65. The first-order valence-corrected chi connectivity index (χ1v) is 9.69. The van der Waals surface area contributed by atoms with Crippen LogP contribution < -0.4 is 0 Å². The molecule has 0 fully saturated rings. The van der Waals surface area contributed by atoms with Crippen molar-refractivity contribution in [1.29, 1.82) is 0 Å². The highest BCUT2D eigenvalue weighted by Gasteiger charge is 2.30. The third-order valence-corrected chi connectivity index (χ3v) is 4.24. The van der Waals surface area contributed by atoms with E-state index in [1.165, 1.54) is 6.07 Å². The number of halogens is 1. The monoisotopic (exact) mass is 470 g/mol. The molecular weight excluding hydrogens is 443 g/mol. The summed E-state index contributed by atoms with van der Waals surface area (Å²) in [7, 11) is 0. The summed E-state index contributed by atoms with van der Waals surface area (Å²) >= 11 is 2.42. The highest BCUT2D eigenvalue weighted by atomic mass is 127. The second-order valence-electron chi connectivity index (χ2n) is 7.94. The number of phenolic OH excluding ortho intramolecular Hbond substituents is 2. The third kappa shape index (κ3) is 7.03. The fraction of sp³-hybridized carbons (Fsp3) is 0.429. The average Bonchev–Trinajstić information content (AvgIpc) is 2.40. The van der Waals surface area contributed by atoms with Crippen LogP contribution in [0.3, 0.4) is 0 Å². The van der Waals surface area contributed by atoms with E-state index in [9.17, 15) is 15.3 Å². The number of phenols is 2. The van der Waals surface area contributed by atoms with Gasteiger partial charge in [0.15, 0.2) is 0 Å². The molecule has 1 aromatic rings. The molecule has 1 atom stereocenters. The molecular formula is C21H27IO4. The van der Waals surface area contributed by atoms with Gasteiger partial charge in [0.25, 0.3) is 0 Å². The summed E-state index contributed by atoms with van der Waals surface area (Å²) < 4.78 is 6.37. The zero-order valence-electron chi connectivity index (χ0n) is 15.7. The maximum absolute atomic E-state index is 10.1. The second kappa shape index (κ2) is 8.05. The molecule has 0 radical (unpaired) electrons. The summed E-state index contributed by atoms with van der Waals surface area (Å²) in [6, 6.07) is 4.41. The first-order chi connectivity index (χ1) is 11.9. The first-order valence-electron chi connectivity index (χ1n) is 8.61. The third-order valence-electron chi connectivity index (χ3n) is 3.86. The summed E-state index contributed by atoms with van der Waals surface area (Å²) in [4.78, 5) is 0. The van der Waals surface area contributed by atoms with Crippen molar-refractivity contribution in [3.05, 3.63) is 53.3 Å². The number of alkyl halides is 1. The molecule has 0 heterocycles. The lowest BCUT2D eigenvalue weighted by molar-refractivity contribution is -0.0596. The van der Waals surface area contributed by atoms with Crippen LogP contribution in [0.5, 0.6) is 11.5 Å². The van der Waals surface area contributed by atoms with Crippen molar-refractivity contribution >= 4 is 28.7 Å². The van der Waals surface area contributed by atoms with Gasteiger partial charge in [0.1, 0.15) is 17.3 Å². The zero-order chi connectivity index (χ0) is 19.5. The summed E-state index contributed by atoms with van der Waals surface area (Å²) in [6.07, 6.45) is 8.43. The van der Waals surface area contributed by atoms with E-state index in [4.69, 9.17) is 4.74 Å². The number of aliphatic hydroxyl groups is 1. The van der Waals surface area contributed by atoms with Crippen LogP contribution in [0.2, 0.25) is 0 Å². The summed E-state index contributed by atoms with van der Waals surface area (Å²) in [5.74, 6) is 0.202. The van der Waals surface area contributed by atoms with E-state index in [2.05, 4.69) is 50.3 Å². The molecule has 0 aromatic heterocycles. The fourth-order valence-electron chi connectivity index (χ4n) is 3.35. The van der Waals surface area contributed by atoms with Gasteiger partial charge in [0.05, 0.1) is 11.7 Å². The van der Waals surface area contributed by atoms with Crippen LogP contribution in [0.15, 0.2) is 47.8 Å². The van der Waals surface area contributed by atoms with Crippen molar-refractivity contribution in [3.8, 4) is 11.5 Å². The highest BCUT2D eigenvalue weighted by molar-refractivity contribution is 14.1. The highest BCUT2D eigenvalue weighted by Crippen LogP contribution is 2.33. The Kier molecular flexibility index (Phi) is 6.45. The van der Waals surface area contributed by atoms with E-state index in [1.54, 1.807) is 30.4 Å². The van der Waals surface area contributed by atoms with Gasteiger partial charge in [-0.05, 0) is 55.7 Å². The predicted molar refractivity (Wildman–Crippen MR) is 114 cm³/mol. The minimum atomic E-state index is -0.310. The number of ether oxygens (including phenoxy) is 1. The Labute approximate surface area is 169 Å². The molecule has 0 saturated carbocycles. The summed E-state index contributed by atoms with van der Waals surface area (Å²) in [5.41, 5.74) is 1.29. The molecule has 26 heavy (non-hydrogen) atoms. The van der Waals surface area contributed by atoms with Crippen LogP contribution in [0.1, 0.15) is 46.1 Å². The Balaban J connectivity index is 2.08. The SMILES string of the molecule is CC(C)(I)CC(C)(C)OC1C=C(O)C=C(/C=C/c2cc(O)cc(O)c2)C1. The molecule has 1 aliphatic rings. The molecule has 0 aliphatic heterocycles. The Bertz CT molecular complexity index is 719. The van der Waals surface area contributed by atoms with E-state index < -0.39 is 0 Å². The topological polar surface area (TPSA) is 69.9 Å². The first kappa shape index (κ1) is 20.8. The van der Waals surface area contributed by atoms with Gasteiger partial charge in [-0.2, -0.15) is 0 Å². The molecule has 1 aromatic carbocycles. The zero-order valence-corrected chi connectivity index (χ0v) is 17.8. The number of allylic oxidation sites excluding steroid dienone is 2. The molecule has 0 saturated heterocycles. The van der Waals surface area contributed by atoms with Gasteiger partial charge in [-0.15, -0.1) is 0 Å². The average molecular weight is 470 g/mol. The maximum atomic E-state index is 10.1. The lowest BCUT2D eigenvalue weighted by atomic mass is 9.94. The van der Waals surface area contributed by atoms with Crippen LogP contribution >= 0.6 is 22.6 Å². The molecule has 0 amide bonds. The van der Waals surface area contributed by atoms with Crippen molar-refractivity contribution in [2.75, 3.05) is 0 Å². The molecule has 3 N–H and O–H groups in total. The van der Waals surface area contributed by atoms with Crippen LogP contribution in [-0.4, -0.2) is 30.4 Å². The number of hydrogen-bond donors (Lipinski definition) is 3. The van der Waals surface area contributed by atoms with E-state index in [1.807, 2.05) is 6.08 Å². The quantitative estimate of drug-likeness (QED) is 0.371. The molecule has 1 aliphatic carbocycles. The van der Waals surface area contributed by atoms with Gasteiger partial charge in [-0.3, -0.25) is 0 Å². The lowest BCUT2D eigenvalue weighted by Gasteiger charge is -2.35. The number of rotatable bonds is 6. The van der Waals surface area contributed by atoms with Crippen LogP contribution in [0, 0.1) is 0 Å². The fourth-order valence-corrected chi connectivity index (χ4v) is 4.27. The number of benzene rings is 1. The maximum Gasteiger partial charge on any atom is 0.119 e. The van der Waals surface area contributed by atoms with Crippen molar-refractivity contribution < 1.29 is 20.1 Å². The molecule has 142 valence electrons. The smallest absolute Gasteiger partial charge is 0.119 e. The van der Waals surface area contributed by atoms with E-state index >= 15 is 0 Å². The largest absolute Gasteiger partial charge is 0.508 e. The standard InChI is InChI=1S/C21H27IO4/c1-20(2,22)13-21(3,4)26-19-10-15(9-18(25)12-19)6-5-14-7-16(23)11-17(24)8-14/h5-9,11-12,19,23-25H,10,13H2,1-4H3/b6-5+. The number of aliphatic hydroxyl groups excluding tert-OH is 1. The molecule has 1 unspecified atom stereocenters. The second-order valence-corrected chi connectivity index (χ2v) is 10.9. The van der Waals surface area contributed by atoms with Crippen LogP contribution in [-0.2, 0) is 4.74 Å². The summed E-state index contributed by atoms with van der Waals surface area (Å²) in [5, 5.41) is 29.2. The number of aromatic hydroxyl groups is 2. The van der Waals surface area contributed by atoms with Gasteiger partial charge in [-0.1, -0.05) is 48.6 Å². The van der Waals surface area contributed by atoms with Gasteiger partial charge >= 0.3 is 0 Å². The van der Waals surface area contributed by atoms with E-state index in [-0.39, 0.29) is 32.4 Å². The van der Waals surface area contributed by atoms with Crippen molar-refractivity contribution in [2.24, 2.45) is 0 Å². The lowest BCUT2D eigenvalue weighted by Crippen LogP contribution is -2.36. The number of hydrogen-bond acceptors (Lipinski definition) is 4. The Morgan fingerprint density at radius 3 is 2.27 bits per heavy atom. The van der Waals surface area contributed by atoms with Gasteiger partial charge in [0, 0.05) is 15.9 Å². The van der Waals surface area contributed by atoms with Gasteiger partial charge < -0.3 is 20.1 Å². The van der Waals surface area contributed by atoms with Crippen LogP contribution in [0.4, 0.5) is 0 Å². The Hall–Kier alpha value is -1.47. The van der Waals surface area contributed by atoms with E-state index in [0.717, 1.165) is 12.0 Å². The Morgan fingerprint density at radius 1 is 1.08 bits per heavy atom. The van der Waals surface area contributed by atoms with E-state index in [0.29, 0.717) is 12.0 Å². The van der Waals surface area contributed by atoms with Gasteiger partial charge in [-0.25, -0.2) is 0 Å². The minimum absolute atomic E-state index is 0.00869. The van der Waals surface area contributed by atoms with Gasteiger partial charge in [0.2, 0.25) is 0 Å². The van der Waals surface area contributed by atoms with Crippen LogP contribution in [0.25, 0.3) is 6.08 Å². The molecule has 0 bridgehead atoms. The molecule has 2 rings (SSSR count). The minimum Gasteiger partial charge on any atom is -0.508 e. The normalized spacial score (nSPS) is 18.7. The Morgan fingerprint density at radius 2 is 1.69 bits per heavy atom. The van der Waals surface area contributed by atoms with Crippen molar-refractivity contribution in [1.82, 2.24) is 0 Å².